The zero-order chi connectivity index (χ0) is 18.3. The highest BCUT2D eigenvalue weighted by molar-refractivity contribution is 6.58. The third-order valence-electron chi connectivity index (χ3n) is 4.74. The monoisotopic (exact) mass is 354 g/mol. The number of hydrogen-bond donors (Lipinski definition) is 2. The van der Waals surface area contributed by atoms with Crippen LogP contribution in [0.25, 0.3) is 6.08 Å². The molecule has 8 heteroatoms. The Labute approximate surface area is 149 Å². The molecule has 132 valence electrons. The van der Waals surface area contributed by atoms with E-state index < -0.39 is 6.97 Å². The first-order valence-corrected chi connectivity index (χ1v) is 8.36. The number of carbonyl (C=O) groups is 1. The van der Waals surface area contributed by atoms with Crippen molar-refractivity contribution in [2.45, 2.75) is 12.8 Å². The molecule has 2 aliphatic rings. The van der Waals surface area contributed by atoms with E-state index in [2.05, 4.69) is 0 Å². The van der Waals surface area contributed by atoms with Crippen LogP contribution in [0.5, 0.6) is 0 Å². The van der Waals surface area contributed by atoms with E-state index in [0.29, 0.717) is 22.8 Å². The number of nitrogens with one attached hydrogen (secondary N) is 1. The number of nitrogens with two attached hydrogens (primary N) is 1. The Bertz CT molecular complexity index is 976. The second-order valence-electron chi connectivity index (χ2n) is 6.30. The van der Waals surface area contributed by atoms with E-state index in [1.165, 1.54) is 0 Å². The summed E-state index contributed by atoms with van der Waals surface area (Å²) < 4.78 is 33.2. The Morgan fingerprint density at radius 2 is 1.92 bits per heavy atom. The van der Waals surface area contributed by atoms with Crippen LogP contribution in [0.15, 0.2) is 60.3 Å². The molecule has 0 saturated carbocycles. The molecule has 0 spiro atoms. The van der Waals surface area contributed by atoms with E-state index in [0.717, 1.165) is 14.5 Å². The maximum atomic E-state index is 15.5. The number of benzene rings is 1. The predicted molar refractivity (Wildman–Crippen MR) is 96.4 cm³/mol. The van der Waals surface area contributed by atoms with Crippen molar-refractivity contribution >= 4 is 24.7 Å². The third-order valence-corrected chi connectivity index (χ3v) is 4.74. The molecule has 0 fully saturated rings. The first kappa shape index (κ1) is 16.5. The van der Waals surface area contributed by atoms with Gasteiger partial charge in [-0.05, 0) is 36.4 Å². The number of allylic oxidation sites excluding steroid dienone is 2. The molecule has 0 radical (unpaired) electrons. The van der Waals surface area contributed by atoms with Crippen LogP contribution in [0.4, 0.5) is 8.63 Å². The molecule has 4 rings (SSSR count). The van der Waals surface area contributed by atoms with Crippen molar-refractivity contribution in [3.8, 4) is 0 Å². The fourth-order valence-electron chi connectivity index (χ4n) is 3.56. The lowest BCUT2D eigenvalue weighted by atomic mass is 9.89. The fourth-order valence-corrected chi connectivity index (χ4v) is 3.56. The third kappa shape index (κ3) is 2.50. The number of fused-ring (bicyclic) bond motifs is 2. The van der Waals surface area contributed by atoms with E-state index in [1.807, 2.05) is 35.8 Å². The summed E-state index contributed by atoms with van der Waals surface area (Å²) in [6.07, 6.45) is 5.39. The molecule has 3 N–H and O–H groups in total. The van der Waals surface area contributed by atoms with Crippen LogP contribution in [0.3, 0.4) is 0 Å². The number of nitrogens with zero attached hydrogens (tertiary/aromatic N) is 2. The van der Waals surface area contributed by atoms with Gasteiger partial charge < -0.3 is 17.6 Å². The largest absolute Gasteiger partial charge is 0.737 e. The summed E-state index contributed by atoms with van der Waals surface area (Å²) in [6.45, 7) is -4.08. The summed E-state index contributed by atoms with van der Waals surface area (Å²) in [5.41, 5.74) is 4.52. The first-order chi connectivity index (χ1) is 12.5. The van der Waals surface area contributed by atoms with E-state index in [9.17, 15) is 4.79 Å². The minimum Gasteiger partial charge on any atom is -0.394 e. The average Bonchev–Trinajstić information content (AvgIpc) is 3.26. The van der Waals surface area contributed by atoms with Gasteiger partial charge in [-0.25, -0.2) is 5.84 Å². The van der Waals surface area contributed by atoms with Crippen molar-refractivity contribution in [1.29, 1.82) is 0 Å². The van der Waals surface area contributed by atoms with E-state index >= 15 is 8.63 Å². The summed E-state index contributed by atoms with van der Waals surface area (Å²) in [7, 11) is 0. The molecule has 2 aromatic rings. The minimum atomic E-state index is -4.08. The SMILES string of the molecule is NNC(=O)CCc1ccc2n1[B-](F)(F)[N+]1=C(c3ccccc3)C=CC1=C2. The highest BCUT2D eigenvalue weighted by Gasteiger charge is 2.52. The molecule has 1 aromatic heterocycles. The molecule has 0 saturated heterocycles. The van der Waals surface area contributed by atoms with Crippen molar-refractivity contribution in [2.24, 2.45) is 5.84 Å². The summed E-state index contributed by atoms with van der Waals surface area (Å²) in [6, 6.07) is 12.4. The van der Waals surface area contributed by atoms with Gasteiger partial charge >= 0.3 is 6.97 Å². The predicted octanol–water partition coefficient (Wildman–Crippen LogP) is 2.06. The van der Waals surface area contributed by atoms with Crippen LogP contribution < -0.4 is 11.3 Å². The van der Waals surface area contributed by atoms with Crippen molar-refractivity contribution in [1.82, 2.24) is 9.90 Å². The van der Waals surface area contributed by atoms with Gasteiger partial charge in [-0.15, -0.1) is 0 Å². The maximum Gasteiger partial charge on any atom is 0.737 e. The number of carbonyl (C=O) groups excluding carboxylic acids is 1. The highest BCUT2D eigenvalue weighted by atomic mass is 19.2. The molecule has 5 nitrogen and oxygen atoms in total. The van der Waals surface area contributed by atoms with Gasteiger partial charge in [-0.1, -0.05) is 18.2 Å². The van der Waals surface area contributed by atoms with Crippen LogP contribution in [-0.4, -0.2) is 27.6 Å². The molecule has 1 amide bonds. The molecular weight excluding hydrogens is 337 g/mol. The summed E-state index contributed by atoms with van der Waals surface area (Å²) in [5, 5.41) is 0. The Morgan fingerprint density at radius 1 is 1.15 bits per heavy atom. The quantitative estimate of drug-likeness (QED) is 0.382. The van der Waals surface area contributed by atoms with Gasteiger partial charge in [0.1, 0.15) is 0 Å². The van der Waals surface area contributed by atoms with Crippen LogP contribution in [0, 0.1) is 0 Å². The number of hydrogen-bond acceptors (Lipinski definition) is 2. The van der Waals surface area contributed by atoms with Gasteiger partial charge in [0.25, 0.3) is 0 Å². The van der Waals surface area contributed by atoms with Gasteiger partial charge in [-0.2, -0.15) is 0 Å². The average molecular weight is 354 g/mol. The standard InChI is InChI=1S/C18H17BF2N4O/c20-19(21)24-14(9-11-18(26)23-22)6-7-15(24)12-16-8-10-17(25(16)19)13-4-2-1-3-5-13/h1-8,10,12H,9,11,22H2,(H,23,26). The minimum absolute atomic E-state index is 0.0518. The van der Waals surface area contributed by atoms with E-state index in [1.54, 1.807) is 30.4 Å². The Morgan fingerprint density at radius 3 is 2.65 bits per heavy atom. The topological polar surface area (TPSA) is 63.1 Å². The summed E-state index contributed by atoms with van der Waals surface area (Å²) in [4.78, 5) is 11.4. The first-order valence-electron chi connectivity index (χ1n) is 8.36. The van der Waals surface area contributed by atoms with Crippen molar-refractivity contribution in [3.05, 3.63) is 77.3 Å². The van der Waals surface area contributed by atoms with Gasteiger partial charge in [0.05, 0.1) is 0 Å². The number of amides is 1. The molecule has 0 atom stereocenters. The van der Waals surface area contributed by atoms with Gasteiger partial charge in [0, 0.05) is 35.9 Å². The molecule has 1 aromatic carbocycles. The van der Waals surface area contributed by atoms with Crippen molar-refractivity contribution in [2.75, 3.05) is 0 Å². The second kappa shape index (κ2) is 6.07. The Balaban J connectivity index is 1.81. The van der Waals surface area contributed by atoms with Crippen molar-refractivity contribution in [3.63, 3.8) is 0 Å². The number of hydrazine groups is 1. The van der Waals surface area contributed by atoms with Gasteiger partial charge in [-0.3, -0.25) is 10.2 Å². The number of aromatic nitrogens is 1. The fraction of sp³-hybridized carbons (Fsp3) is 0.111. The Kier molecular flexibility index (Phi) is 3.84. The van der Waals surface area contributed by atoms with Crippen LogP contribution in [0.2, 0.25) is 0 Å². The van der Waals surface area contributed by atoms with Gasteiger partial charge in [0.15, 0.2) is 11.4 Å². The number of rotatable bonds is 4. The van der Waals surface area contributed by atoms with Crippen molar-refractivity contribution < 1.29 is 17.9 Å². The molecule has 3 heterocycles. The normalized spacial score (nSPS) is 17.0. The molecular formula is C18H17BF2N4O. The van der Waals surface area contributed by atoms with Crippen LogP contribution in [-0.2, 0) is 11.2 Å². The van der Waals surface area contributed by atoms with Gasteiger partial charge in [0.2, 0.25) is 5.91 Å². The zero-order valence-corrected chi connectivity index (χ0v) is 13.9. The molecule has 0 bridgehead atoms. The van der Waals surface area contributed by atoms with E-state index in [-0.39, 0.29) is 18.7 Å². The second-order valence-corrected chi connectivity index (χ2v) is 6.30. The highest BCUT2D eigenvalue weighted by Crippen LogP contribution is 2.33. The summed E-state index contributed by atoms with van der Waals surface area (Å²) >= 11 is 0. The maximum absolute atomic E-state index is 15.5. The lowest BCUT2D eigenvalue weighted by Crippen LogP contribution is -2.51. The van der Waals surface area contributed by atoms with E-state index in [4.69, 9.17) is 5.84 Å². The molecule has 0 aliphatic carbocycles. The van der Waals surface area contributed by atoms with Crippen LogP contribution in [0.1, 0.15) is 23.4 Å². The number of aryl methyl sites for hydroxylation is 1. The number of halogens is 2. The summed E-state index contributed by atoms with van der Waals surface area (Å²) in [5.74, 6) is 4.69. The Hall–Kier alpha value is -3.00. The lowest BCUT2D eigenvalue weighted by molar-refractivity contribution is -0.360. The van der Waals surface area contributed by atoms with Crippen LogP contribution >= 0.6 is 0 Å². The smallest absolute Gasteiger partial charge is 0.394 e. The molecule has 2 aliphatic heterocycles. The molecule has 0 unspecified atom stereocenters. The zero-order valence-electron chi connectivity index (χ0n) is 13.9. The molecule has 26 heavy (non-hydrogen) atoms. The lowest BCUT2D eigenvalue weighted by Gasteiger charge is -2.30.